The Bertz CT molecular complexity index is 530. The molecule has 0 radical (unpaired) electrons. The highest BCUT2D eigenvalue weighted by Gasteiger charge is 2.02. The number of nitriles is 1. The van der Waals surface area contributed by atoms with E-state index >= 15 is 0 Å². The SMILES string of the molecule is N#Cc1cc(=O)n(-c2ccccc2)[nH]1. The zero-order valence-electron chi connectivity index (χ0n) is 7.27. The van der Waals surface area contributed by atoms with Crippen molar-refractivity contribution in [2.75, 3.05) is 0 Å². The number of H-pyrrole nitrogens is 1. The summed E-state index contributed by atoms with van der Waals surface area (Å²) >= 11 is 0. The minimum atomic E-state index is -0.229. The van der Waals surface area contributed by atoms with Crippen LogP contribution < -0.4 is 5.56 Å². The Labute approximate surface area is 80.0 Å². The number of nitrogens with one attached hydrogen (secondary N) is 1. The molecule has 1 aromatic carbocycles. The molecule has 0 atom stereocenters. The van der Waals surface area contributed by atoms with Crippen LogP contribution in [0, 0.1) is 11.3 Å². The molecule has 1 heterocycles. The molecule has 0 aliphatic heterocycles. The number of hydrogen-bond donors (Lipinski definition) is 1. The third-order valence-corrected chi connectivity index (χ3v) is 1.86. The average molecular weight is 185 g/mol. The molecular weight excluding hydrogens is 178 g/mol. The molecule has 0 spiro atoms. The van der Waals surface area contributed by atoms with Gasteiger partial charge in [0.2, 0.25) is 0 Å². The fourth-order valence-electron chi connectivity index (χ4n) is 1.22. The number of rotatable bonds is 1. The molecule has 4 heteroatoms. The minimum absolute atomic E-state index is 0.229. The van der Waals surface area contributed by atoms with Crippen LogP contribution in [0.2, 0.25) is 0 Å². The van der Waals surface area contributed by atoms with Crippen LogP contribution in [0.4, 0.5) is 0 Å². The van der Waals surface area contributed by atoms with E-state index in [4.69, 9.17) is 5.26 Å². The maximum atomic E-state index is 11.4. The van der Waals surface area contributed by atoms with Gasteiger partial charge < -0.3 is 0 Å². The third kappa shape index (κ3) is 1.31. The topological polar surface area (TPSA) is 61.6 Å². The Kier molecular flexibility index (Phi) is 1.92. The second kappa shape index (κ2) is 3.23. The van der Waals surface area contributed by atoms with E-state index in [9.17, 15) is 4.79 Å². The van der Waals surface area contributed by atoms with E-state index < -0.39 is 0 Å². The van der Waals surface area contributed by atoms with Gasteiger partial charge in [-0.25, -0.2) is 4.68 Å². The zero-order valence-corrected chi connectivity index (χ0v) is 7.27. The molecule has 1 aromatic heterocycles. The van der Waals surface area contributed by atoms with Crippen molar-refractivity contribution in [2.45, 2.75) is 0 Å². The summed E-state index contributed by atoms with van der Waals surface area (Å²) in [7, 11) is 0. The molecule has 0 aliphatic rings. The highest BCUT2D eigenvalue weighted by atomic mass is 16.1. The molecule has 68 valence electrons. The van der Waals surface area contributed by atoms with Crippen LogP contribution in [-0.4, -0.2) is 9.78 Å². The van der Waals surface area contributed by atoms with Gasteiger partial charge in [-0.1, -0.05) is 18.2 Å². The van der Waals surface area contributed by atoms with Crippen LogP contribution in [0.25, 0.3) is 5.69 Å². The summed E-state index contributed by atoms with van der Waals surface area (Å²) in [6.45, 7) is 0. The summed E-state index contributed by atoms with van der Waals surface area (Å²) in [5, 5.41) is 11.3. The Morgan fingerprint density at radius 2 is 2.00 bits per heavy atom. The van der Waals surface area contributed by atoms with E-state index in [2.05, 4.69) is 5.10 Å². The first-order valence-electron chi connectivity index (χ1n) is 4.09. The predicted molar refractivity (Wildman–Crippen MR) is 51.1 cm³/mol. The number of aromatic amines is 1. The van der Waals surface area contributed by atoms with Crippen molar-refractivity contribution in [3.8, 4) is 11.8 Å². The Balaban J connectivity index is 2.59. The van der Waals surface area contributed by atoms with Crippen LogP contribution in [0.1, 0.15) is 5.69 Å². The van der Waals surface area contributed by atoms with Crippen molar-refractivity contribution in [1.82, 2.24) is 9.78 Å². The summed E-state index contributed by atoms with van der Waals surface area (Å²) in [6.07, 6.45) is 0. The molecule has 0 saturated carbocycles. The van der Waals surface area contributed by atoms with Gasteiger partial charge in [-0.2, -0.15) is 5.26 Å². The van der Waals surface area contributed by atoms with Crippen LogP contribution >= 0.6 is 0 Å². The Hall–Kier alpha value is -2.28. The molecule has 1 N–H and O–H groups in total. The molecule has 0 bridgehead atoms. The van der Waals surface area contributed by atoms with E-state index in [1.165, 1.54) is 10.7 Å². The predicted octanol–water partition coefficient (Wildman–Crippen LogP) is 1.04. The molecule has 0 unspecified atom stereocenters. The third-order valence-electron chi connectivity index (χ3n) is 1.86. The second-order valence-electron chi connectivity index (χ2n) is 2.79. The first-order chi connectivity index (χ1) is 6.81. The summed E-state index contributed by atoms with van der Waals surface area (Å²) in [6, 6.07) is 12.3. The lowest BCUT2D eigenvalue weighted by atomic mass is 10.3. The van der Waals surface area contributed by atoms with Gasteiger partial charge in [-0.15, -0.1) is 0 Å². The molecule has 4 nitrogen and oxygen atoms in total. The molecule has 14 heavy (non-hydrogen) atoms. The summed E-state index contributed by atoms with van der Waals surface area (Å²) in [4.78, 5) is 11.4. The van der Waals surface area contributed by atoms with Crippen LogP contribution in [0.15, 0.2) is 41.2 Å². The number of aromatic nitrogens is 2. The standard InChI is InChI=1S/C10H7N3O/c11-7-8-6-10(14)13(12-8)9-4-2-1-3-5-9/h1-6,12H. The lowest BCUT2D eigenvalue weighted by Gasteiger charge is -1.98. The molecular formula is C10H7N3O. The lowest BCUT2D eigenvalue weighted by Crippen LogP contribution is -2.12. The normalized spacial score (nSPS) is 9.64. The fourth-order valence-corrected chi connectivity index (χ4v) is 1.22. The van der Waals surface area contributed by atoms with Gasteiger partial charge >= 0.3 is 0 Å². The number of para-hydroxylation sites is 1. The van der Waals surface area contributed by atoms with Crippen molar-refractivity contribution >= 4 is 0 Å². The van der Waals surface area contributed by atoms with Crippen molar-refractivity contribution in [3.63, 3.8) is 0 Å². The van der Waals surface area contributed by atoms with Gasteiger partial charge in [0.05, 0.1) is 5.69 Å². The maximum absolute atomic E-state index is 11.4. The highest BCUT2D eigenvalue weighted by Crippen LogP contribution is 2.02. The summed E-state index contributed by atoms with van der Waals surface area (Å²) < 4.78 is 1.33. The van der Waals surface area contributed by atoms with Gasteiger partial charge in [0.25, 0.3) is 5.56 Å². The van der Waals surface area contributed by atoms with E-state index in [0.717, 1.165) is 5.69 Å². The van der Waals surface area contributed by atoms with E-state index in [1.54, 1.807) is 12.1 Å². The van der Waals surface area contributed by atoms with Crippen molar-refractivity contribution < 1.29 is 0 Å². The first kappa shape index (κ1) is 8.32. The van der Waals surface area contributed by atoms with Crippen molar-refractivity contribution in [3.05, 3.63) is 52.4 Å². The average Bonchev–Trinajstić information content (AvgIpc) is 2.61. The number of hydrogen-bond acceptors (Lipinski definition) is 2. The van der Waals surface area contributed by atoms with Crippen LogP contribution in [-0.2, 0) is 0 Å². The van der Waals surface area contributed by atoms with Crippen LogP contribution in [0.3, 0.4) is 0 Å². The molecule has 0 aliphatic carbocycles. The minimum Gasteiger partial charge on any atom is -0.281 e. The van der Waals surface area contributed by atoms with Crippen molar-refractivity contribution in [2.24, 2.45) is 0 Å². The number of nitrogens with zero attached hydrogens (tertiary/aromatic N) is 2. The van der Waals surface area contributed by atoms with Gasteiger partial charge in [0, 0.05) is 6.07 Å². The quantitative estimate of drug-likeness (QED) is 0.721. The molecule has 0 amide bonds. The largest absolute Gasteiger partial charge is 0.281 e. The molecule has 0 saturated heterocycles. The van der Waals surface area contributed by atoms with E-state index in [0.29, 0.717) is 0 Å². The zero-order chi connectivity index (χ0) is 9.97. The Morgan fingerprint density at radius 1 is 1.29 bits per heavy atom. The van der Waals surface area contributed by atoms with Gasteiger partial charge in [0.1, 0.15) is 11.8 Å². The highest BCUT2D eigenvalue weighted by molar-refractivity contribution is 5.31. The van der Waals surface area contributed by atoms with Gasteiger partial charge in [0.15, 0.2) is 0 Å². The van der Waals surface area contributed by atoms with E-state index in [-0.39, 0.29) is 11.3 Å². The fraction of sp³-hybridized carbons (Fsp3) is 0. The lowest BCUT2D eigenvalue weighted by molar-refractivity contribution is 0.844. The Morgan fingerprint density at radius 3 is 2.57 bits per heavy atom. The molecule has 0 fully saturated rings. The monoisotopic (exact) mass is 185 g/mol. The molecule has 2 aromatic rings. The smallest absolute Gasteiger partial charge is 0.272 e. The molecule has 2 rings (SSSR count). The van der Waals surface area contributed by atoms with Gasteiger partial charge in [-0.3, -0.25) is 9.89 Å². The number of benzene rings is 1. The summed E-state index contributed by atoms with van der Waals surface area (Å²) in [5.74, 6) is 0. The van der Waals surface area contributed by atoms with Gasteiger partial charge in [-0.05, 0) is 12.1 Å². The summed E-state index contributed by atoms with van der Waals surface area (Å²) in [5.41, 5.74) is 0.755. The van der Waals surface area contributed by atoms with Crippen molar-refractivity contribution in [1.29, 1.82) is 5.26 Å². The van der Waals surface area contributed by atoms with Crippen LogP contribution in [0.5, 0.6) is 0 Å². The van der Waals surface area contributed by atoms with E-state index in [1.807, 2.05) is 24.3 Å². The maximum Gasteiger partial charge on any atom is 0.272 e. The second-order valence-corrected chi connectivity index (χ2v) is 2.79. The first-order valence-corrected chi connectivity index (χ1v) is 4.09.